The van der Waals surface area contributed by atoms with E-state index in [9.17, 15) is 28.4 Å². The summed E-state index contributed by atoms with van der Waals surface area (Å²) >= 11 is 0. The third kappa shape index (κ3) is 9.44. The van der Waals surface area contributed by atoms with Crippen LogP contribution in [0, 0.1) is 11.7 Å². The fourth-order valence-electron chi connectivity index (χ4n) is 4.35. The first-order chi connectivity index (χ1) is 19.3. The molecule has 1 fully saturated rings. The zero-order valence-electron chi connectivity index (χ0n) is 22.5. The smallest absolute Gasteiger partial charge is 0.289 e. The van der Waals surface area contributed by atoms with Crippen LogP contribution >= 0.6 is 0 Å². The highest BCUT2D eigenvalue weighted by Gasteiger charge is 2.34. The van der Waals surface area contributed by atoms with Gasteiger partial charge in [-0.2, -0.15) is 0 Å². The van der Waals surface area contributed by atoms with E-state index >= 15 is 0 Å². The van der Waals surface area contributed by atoms with E-state index in [1.807, 2.05) is 37.3 Å². The molecule has 0 aliphatic carbocycles. The van der Waals surface area contributed by atoms with Crippen molar-refractivity contribution in [2.24, 2.45) is 5.92 Å². The van der Waals surface area contributed by atoms with Crippen molar-refractivity contribution in [3.05, 3.63) is 77.6 Å². The molecule has 10 heteroatoms. The minimum atomic E-state index is -1.27. The molecule has 3 rings (SSSR count). The Bertz CT molecular complexity index is 1220. The summed E-state index contributed by atoms with van der Waals surface area (Å²) in [5.74, 6) is -4.22. The molecule has 0 radical (unpaired) electrons. The summed E-state index contributed by atoms with van der Waals surface area (Å²) in [6, 6.07) is 12.2. The molecule has 0 spiro atoms. The Hall–Kier alpha value is -4.34. The predicted molar refractivity (Wildman–Crippen MR) is 148 cm³/mol. The van der Waals surface area contributed by atoms with Crippen LogP contribution in [-0.2, 0) is 30.4 Å². The standard InChI is InChI=1S/C30H35FN4O5/c1-2-16-32-30(40)27(37)24(19-22-9-6-17-33-28(22)38)35-29(39)25(18-21-10-13-23(31)14-11-21)34-26(36)15-12-20-7-4-3-5-8-20/h3-5,7-8,10-15,22,24-25H,2,6,9,16-19H2,1H3,(H,32,40)(H,33,38)(H,34,36)(H,35,39)/b15-12+/t22-,24-,25-/m0/s1. The maximum absolute atomic E-state index is 13.5. The Labute approximate surface area is 233 Å². The van der Waals surface area contributed by atoms with Gasteiger partial charge in [-0.1, -0.05) is 49.4 Å². The molecule has 0 saturated carbocycles. The summed E-state index contributed by atoms with van der Waals surface area (Å²) in [4.78, 5) is 64.2. The van der Waals surface area contributed by atoms with Gasteiger partial charge in [0.2, 0.25) is 23.5 Å². The molecule has 1 heterocycles. The first-order valence-electron chi connectivity index (χ1n) is 13.4. The van der Waals surface area contributed by atoms with Crippen LogP contribution in [0.1, 0.15) is 43.7 Å². The molecule has 1 aliphatic heterocycles. The zero-order chi connectivity index (χ0) is 28.9. The van der Waals surface area contributed by atoms with E-state index in [1.54, 1.807) is 6.08 Å². The van der Waals surface area contributed by atoms with Gasteiger partial charge in [-0.3, -0.25) is 24.0 Å². The molecule has 2 aromatic rings. The number of carbonyl (C=O) groups excluding carboxylic acids is 5. The van der Waals surface area contributed by atoms with Gasteiger partial charge >= 0.3 is 0 Å². The van der Waals surface area contributed by atoms with Crippen molar-refractivity contribution >= 4 is 35.5 Å². The fraction of sp³-hybridized carbons (Fsp3) is 0.367. The van der Waals surface area contributed by atoms with Crippen molar-refractivity contribution in [2.75, 3.05) is 13.1 Å². The molecule has 0 aromatic heterocycles. The molecule has 9 nitrogen and oxygen atoms in total. The van der Waals surface area contributed by atoms with Crippen LogP contribution in [0.15, 0.2) is 60.7 Å². The number of carbonyl (C=O) groups is 5. The monoisotopic (exact) mass is 550 g/mol. The van der Waals surface area contributed by atoms with Crippen molar-refractivity contribution < 1.29 is 28.4 Å². The van der Waals surface area contributed by atoms with Gasteiger partial charge in [0.15, 0.2) is 0 Å². The molecule has 3 atom stereocenters. The van der Waals surface area contributed by atoms with E-state index < -0.39 is 47.3 Å². The summed E-state index contributed by atoms with van der Waals surface area (Å²) in [5.41, 5.74) is 1.36. The average molecular weight is 551 g/mol. The van der Waals surface area contributed by atoms with Crippen LogP contribution in [0.5, 0.6) is 0 Å². The molecule has 1 saturated heterocycles. The van der Waals surface area contributed by atoms with Crippen molar-refractivity contribution in [3.8, 4) is 0 Å². The SMILES string of the molecule is CCCNC(=O)C(=O)[C@H](C[C@@H]1CCCNC1=O)NC(=O)[C@H](Cc1ccc(F)cc1)NC(=O)/C=C/c1ccccc1. The molecule has 2 aromatic carbocycles. The third-order valence-electron chi connectivity index (χ3n) is 6.52. The average Bonchev–Trinajstić information content (AvgIpc) is 2.96. The minimum absolute atomic E-state index is 0.00386. The Balaban J connectivity index is 1.80. The quantitative estimate of drug-likeness (QED) is 0.224. The zero-order valence-corrected chi connectivity index (χ0v) is 22.5. The molecule has 40 heavy (non-hydrogen) atoms. The van der Waals surface area contributed by atoms with Crippen molar-refractivity contribution in [1.82, 2.24) is 21.3 Å². The first kappa shape index (κ1) is 30.2. The van der Waals surface area contributed by atoms with Crippen LogP contribution in [0.25, 0.3) is 6.08 Å². The van der Waals surface area contributed by atoms with Crippen molar-refractivity contribution in [2.45, 2.75) is 51.1 Å². The Morgan fingerprint density at radius 2 is 1.75 bits per heavy atom. The molecule has 212 valence electrons. The second-order valence-corrected chi connectivity index (χ2v) is 9.68. The van der Waals surface area contributed by atoms with Gasteiger partial charge in [0.05, 0.1) is 6.04 Å². The van der Waals surface area contributed by atoms with E-state index in [2.05, 4.69) is 21.3 Å². The van der Waals surface area contributed by atoms with E-state index in [1.165, 1.54) is 30.3 Å². The number of benzene rings is 2. The van der Waals surface area contributed by atoms with Gasteiger partial charge in [0.25, 0.3) is 5.91 Å². The number of rotatable bonds is 13. The van der Waals surface area contributed by atoms with Gasteiger partial charge in [0.1, 0.15) is 11.9 Å². The Kier molecular flexibility index (Phi) is 11.6. The molecule has 0 bridgehead atoms. The molecule has 4 N–H and O–H groups in total. The lowest BCUT2D eigenvalue weighted by Crippen LogP contribution is -2.55. The van der Waals surface area contributed by atoms with Crippen molar-refractivity contribution in [3.63, 3.8) is 0 Å². The van der Waals surface area contributed by atoms with E-state index in [-0.39, 0.29) is 25.3 Å². The number of Topliss-reactive ketones (excluding diaryl/α,β-unsaturated/α-hetero) is 1. The van der Waals surface area contributed by atoms with Crippen LogP contribution in [0.2, 0.25) is 0 Å². The van der Waals surface area contributed by atoms with Crippen LogP contribution in [0.4, 0.5) is 4.39 Å². The summed E-state index contributed by atoms with van der Waals surface area (Å²) < 4.78 is 13.5. The number of ketones is 1. The van der Waals surface area contributed by atoms with Crippen LogP contribution in [0.3, 0.4) is 0 Å². The number of halogens is 1. The van der Waals surface area contributed by atoms with Crippen LogP contribution < -0.4 is 21.3 Å². The highest BCUT2D eigenvalue weighted by atomic mass is 19.1. The molecular formula is C30H35FN4O5. The summed E-state index contributed by atoms with van der Waals surface area (Å²) in [6.45, 7) is 2.65. The highest BCUT2D eigenvalue weighted by Crippen LogP contribution is 2.18. The minimum Gasteiger partial charge on any atom is -0.356 e. The normalized spacial score (nSPS) is 16.4. The van der Waals surface area contributed by atoms with E-state index in [0.29, 0.717) is 31.4 Å². The third-order valence-corrected chi connectivity index (χ3v) is 6.52. The van der Waals surface area contributed by atoms with Gasteiger partial charge in [-0.15, -0.1) is 0 Å². The lowest BCUT2D eigenvalue weighted by atomic mass is 9.89. The number of hydrogen-bond acceptors (Lipinski definition) is 5. The van der Waals surface area contributed by atoms with Crippen LogP contribution in [-0.4, -0.2) is 54.6 Å². The maximum atomic E-state index is 13.5. The fourth-order valence-corrected chi connectivity index (χ4v) is 4.35. The Morgan fingerprint density at radius 1 is 1.02 bits per heavy atom. The summed E-state index contributed by atoms with van der Waals surface area (Å²) in [6.07, 6.45) is 4.67. The lowest BCUT2D eigenvalue weighted by Gasteiger charge is -2.27. The first-order valence-corrected chi connectivity index (χ1v) is 13.4. The van der Waals surface area contributed by atoms with Gasteiger partial charge in [0, 0.05) is 31.5 Å². The predicted octanol–water partition coefficient (Wildman–Crippen LogP) is 2.06. The van der Waals surface area contributed by atoms with Gasteiger partial charge < -0.3 is 21.3 Å². The summed E-state index contributed by atoms with van der Waals surface area (Å²) in [7, 11) is 0. The van der Waals surface area contributed by atoms with Crippen molar-refractivity contribution in [1.29, 1.82) is 0 Å². The van der Waals surface area contributed by atoms with Gasteiger partial charge in [-0.25, -0.2) is 4.39 Å². The van der Waals surface area contributed by atoms with E-state index in [4.69, 9.17) is 0 Å². The summed E-state index contributed by atoms with van der Waals surface area (Å²) in [5, 5.41) is 10.5. The number of nitrogens with one attached hydrogen (secondary N) is 4. The molecule has 0 unspecified atom stereocenters. The number of amides is 4. The highest BCUT2D eigenvalue weighted by molar-refractivity contribution is 6.38. The van der Waals surface area contributed by atoms with Gasteiger partial charge in [-0.05, 0) is 55.0 Å². The Morgan fingerprint density at radius 3 is 2.42 bits per heavy atom. The van der Waals surface area contributed by atoms with E-state index in [0.717, 1.165) is 5.56 Å². The molecule has 4 amide bonds. The largest absolute Gasteiger partial charge is 0.356 e. The molecular weight excluding hydrogens is 515 g/mol. The number of piperidine rings is 1. The maximum Gasteiger partial charge on any atom is 0.289 e. The second kappa shape index (κ2) is 15.3. The topological polar surface area (TPSA) is 133 Å². The second-order valence-electron chi connectivity index (χ2n) is 9.68. The molecule has 1 aliphatic rings. The lowest BCUT2D eigenvalue weighted by molar-refractivity contribution is -0.141. The number of hydrogen-bond donors (Lipinski definition) is 4.